The molecule has 35 heavy (non-hydrogen) atoms. The molecular formula is C25H30ClN7O2. The Balaban J connectivity index is 1.58. The molecule has 1 aliphatic heterocycles. The van der Waals surface area contributed by atoms with Crippen LogP contribution in [-0.4, -0.2) is 75.6 Å². The van der Waals surface area contributed by atoms with E-state index in [2.05, 4.69) is 38.7 Å². The molecular weight excluding hydrogens is 466 g/mol. The van der Waals surface area contributed by atoms with Gasteiger partial charge in [-0.3, -0.25) is 9.78 Å². The second kappa shape index (κ2) is 10.5. The third-order valence-corrected chi connectivity index (χ3v) is 6.58. The molecule has 1 saturated heterocycles. The van der Waals surface area contributed by atoms with Crippen molar-refractivity contribution >= 4 is 34.5 Å². The number of aryl methyl sites for hydroxylation is 1. The van der Waals surface area contributed by atoms with E-state index in [4.69, 9.17) is 22.1 Å². The van der Waals surface area contributed by atoms with E-state index in [1.165, 1.54) is 0 Å². The minimum absolute atomic E-state index is 0.0882. The zero-order valence-electron chi connectivity index (χ0n) is 20.6. The van der Waals surface area contributed by atoms with Crippen LogP contribution in [0.15, 0.2) is 12.4 Å². The molecule has 10 heteroatoms. The van der Waals surface area contributed by atoms with E-state index < -0.39 is 0 Å². The number of nitrogens with two attached hydrogens (primary N) is 1. The Morgan fingerprint density at radius 2 is 1.97 bits per heavy atom. The highest BCUT2D eigenvalue weighted by molar-refractivity contribution is 6.34. The number of amides is 1. The molecule has 184 valence electrons. The monoisotopic (exact) mass is 495 g/mol. The number of carbonyl (C=O) groups is 1. The number of nitrogen functional groups attached to an aromatic ring is 1. The molecule has 3 aromatic heterocycles. The Labute approximate surface area is 210 Å². The van der Waals surface area contributed by atoms with Gasteiger partial charge in [0.05, 0.1) is 30.3 Å². The average molecular weight is 496 g/mol. The van der Waals surface area contributed by atoms with Crippen molar-refractivity contribution in [2.45, 2.75) is 33.2 Å². The van der Waals surface area contributed by atoms with Gasteiger partial charge in [-0.2, -0.15) is 4.98 Å². The van der Waals surface area contributed by atoms with Crippen molar-refractivity contribution in [1.82, 2.24) is 29.3 Å². The molecule has 4 rings (SSSR count). The van der Waals surface area contributed by atoms with E-state index in [9.17, 15) is 4.79 Å². The van der Waals surface area contributed by atoms with E-state index in [1.54, 1.807) is 13.3 Å². The molecule has 0 unspecified atom stereocenters. The van der Waals surface area contributed by atoms with E-state index in [1.807, 2.05) is 29.5 Å². The van der Waals surface area contributed by atoms with E-state index >= 15 is 0 Å². The van der Waals surface area contributed by atoms with Crippen LogP contribution < -0.4 is 10.5 Å². The van der Waals surface area contributed by atoms with Crippen molar-refractivity contribution in [3.05, 3.63) is 39.9 Å². The topological polar surface area (TPSA) is 102 Å². The van der Waals surface area contributed by atoms with Crippen LogP contribution in [0.1, 0.15) is 35.2 Å². The molecule has 1 fully saturated rings. The lowest BCUT2D eigenvalue weighted by Gasteiger charge is -2.32. The van der Waals surface area contributed by atoms with Crippen LogP contribution in [0.25, 0.3) is 11.0 Å². The van der Waals surface area contributed by atoms with Gasteiger partial charge in [-0.25, -0.2) is 4.98 Å². The van der Waals surface area contributed by atoms with Gasteiger partial charge >= 0.3 is 0 Å². The molecule has 1 amide bonds. The molecule has 0 aliphatic carbocycles. The Bertz CT molecular complexity index is 1320. The average Bonchev–Trinajstić information content (AvgIpc) is 3.16. The number of nitrogens with zero attached hydrogens (tertiary/aromatic N) is 6. The van der Waals surface area contributed by atoms with E-state index in [0.29, 0.717) is 36.0 Å². The first-order valence-corrected chi connectivity index (χ1v) is 11.9. The van der Waals surface area contributed by atoms with Gasteiger partial charge in [-0.1, -0.05) is 23.4 Å². The zero-order valence-corrected chi connectivity index (χ0v) is 21.3. The first-order valence-electron chi connectivity index (χ1n) is 11.5. The summed E-state index contributed by atoms with van der Waals surface area (Å²) in [4.78, 5) is 29.8. The highest BCUT2D eigenvalue weighted by Crippen LogP contribution is 2.29. The normalized spacial score (nSPS) is 14.1. The summed E-state index contributed by atoms with van der Waals surface area (Å²) < 4.78 is 7.47. The molecule has 0 saturated carbocycles. The summed E-state index contributed by atoms with van der Waals surface area (Å²) >= 11 is 6.45. The molecule has 3 aromatic rings. The fourth-order valence-corrected chi connectivity index (χ4v) is 4.58. The summed E-state index contributed by atoms with van der Waals surface area (Å²) in [6.45, 7) is 7.72. The highest BCUT2D eigenvalue weighted by Gasteiger charge is 2.19. The smallest absolute Gasteiger partial charge is 0.223 e. The summed E-state index contributed by atoms with van der Waals surface area (Å²) in [6, 6.07) is 0. The third kappa shape index (κ3) is 5.34. The predicted molar refractivity (Wildman–Crippen MR) is 137 cm³/mol. The molecule has 2 N–H and O–H groups in total. The van der Waals surface area contributed by atoms with Crippen molar-refractivity contribution < 1.29 is 9.53 Å². The fourth-order valence-electron chi connectivity index (χ4n) is 4.31. The largest absolute Gasteiger partial charge is 0.496 e. The minimum atomic E-state index is 0.0882. The van der Waals surface area contributed by atoms with Gasteiger partial charge in [0.2, 0.25) is 11.9 Å². The van der Waals surface area contributed by atoms with Gasteiger partial charge in [0.15, 0.2) is 0 Å². The molecule has 9 nitrogen and oxygen atoms in total. The number of ether oxygens (including phenoxy) is 1. The Morgan fingerprint density at radius 3 is 2.69 bits per heavy atom. The molecule has 0 spiro atoms. The number of likely N-dealkylation sites (N-methyl/N-ethyl adjacent to an activating group) is 1. The maximum atomic E-state index is 12.5. The third-order valence-electron chi connectivity index (χ3n) is 6.30. The standard InChI is InChI=1S/C25H30ClN7O2/c1-16-13-28-19(17(2)22(16)35-4)15-33-14-18(21-23(26)29-25(27)30-24(21)33)7-5-6-8-20(34)32-11-9-31(3)10-12-32/h13-14H,6,8-12,15H2,1-4H3,(H2,27,29,30). The van der Waals surface area contributed by atoms with Gasteiger partial charge in [-0.15, -0.1) is 0 Å². The van der Waals surface area contributed by atoms with Crippen LogP contribution in [0.2, 0.25) is 5.15 Å². The van der Waals surface area contributed by atoms with Gasteiger partial charge in [0.25, 0.3) is 0 Å². The van der Waals surface area contributed by atoms with Crippen LogP contribution in [-0.2, 0) is 11.3 Å². The minimum Gasteiger partial charge on any atom is -0.496 e. The Hall–Kier alpha value is -3.35. The number of halogens is 1. The Kier molecular flexibility index (Phi) is 7.43. The number of rotatable bonds is 5. The number of hydrogen-bond acceptors (Lipinski definition) is 7. The highest BCUT2D eigenvalue weighted by atomic mass is 35.5. The number of carbonyl (C=O) groups excluding carboxylic acids is 1. The van der Waals surface area contributed by atoms with Crippen molar-refractivity contribution in [2.24, 2.45) is 0 Å². The van der Waals surface area contributed by atoms with Gasteiger partial charge < -0.3 is 24.8 Å². The summed E-state index contributed by atoms with van der Waals surface area (Å²) in [5, 5.41) is 0.880. The van der Waals surface area contributed by atoms with Gasteiger partial charge in [0.1, 0.15) is 16.5 Å². The van der Waals surface area contributed by atoms with Crippen LogP contribution >= 0.6 is 11.6 Å². The summed E-state index contributed by atoms with van der Waals surface area (Å²) in [7, 11) is 3.72. The summed E-state index contributed by atoms with van der Waals surface area (Å²) in [6.07, 6.45) is 4.52. The molecule has 4 heterocycles. The summed E-state index contributed by atoms with van der Waals surface area (Å²) in [5.74, 6) is 7.33. The number of methoxy groups -OCH3 is 1. The van der Waals surface area contributed by atoms with Crippen molar-refractivity contribution in [1.29, 1.82) is 0 Å². The number of hydrogen-bond donors (Lipinski definition) is 1. The molecule has 0 atom stereocenters. The lowest BCUT2D eigenvalue weighted by molar-refractivity contribution is -0.132. The molecule has 0 radical (unpaired) electrons. The van der Waals surface area contributed by atoms with Crippen molar-refractivity contribution in [3.8, 4) is 17.6 Å². The van der Waals surface area contributed by atoms with Crippen molar-refractivity contribution in [2.75, 3.05) is 46.1 Å². The maximum Gasteiger partial charge on any atom is 0.223 e. The number of fused-ring (bicyclic) bond motifs is 1. The first-order chi connectivity index (χ1) is 16.8. The van der Waals surface area contributed by atoms with Crippen LogP contribution in [0.5, 0.6) is 5.75 Å². The summed E-state index contributed by atoms with van der Waals surface area (Å²) in [5.41, 5.74) is 9.93. The van der Waals surface area contributed by atoms with Crippen molar-refractivity contribution in [3.63, 3.8) is 0 Å². The second-order valence-electron chi connectivity index (χ2n) is 8.77. The predicted octanol–water partition coefficient (Wildman–Crippen LogP) is 2.64. The van der Waals surface area contributed by atoms with Crippen LogP contribution in [0, 0.1) is 25.7 Å². The fraction of sp³-hybridized carbons (Fsp3) is 0.440. The van der Waals surface area contributed by atoms with Gasteiger partial charge in [0, 0.05) is 62.5 Å². The molecule has 0 aromatic carbocycles. The van der Waals surface area contributed by atoms with Crippen LogP contribution in [0.4, 0.5) is 5.95 Å². The number of anilines is 1. The number of aromatic nitrogens is 4. The lowest BCUT2D eigenvalue weighted by Crippen LogP contribution is -2.47. The quantitative estimate of drug-likeness (QED) is 0.428. The van der Waals surface area contributed by atoms with Crippen LogP contribution in [0.3, 0.4) is 0 Å². The molecule has 1 aliphatic rings. The second-order valence-corrected chi connectivity index (χ2v) is 9.13. The zero-order chi connectivity index (χ0) is 25.1. The SMILES string of the molecule is COc1c(C)cnc(Cn2cc(C#CCCC(=O)N3CCN(C)CC3)c3c(Cl)nc(N)nc32)c1C. The molecule has 0 bridgehead atoms. The Morgan fingerprint density at radius 1 is 1.23 bits per heavy atom. The van der Waals surface area contributed by atoms with E-state index in [0.717, 1.165) is 48.7 Å². The number of piperazine rings is 1. The number of pyridine rings is 1. The van der Waals surface area contributed by atoms with E-state index in [-0.39, 0.29) is 17.0 Å². The van der Waals surface area contributed by atoms with Gasteiger partial charge in [-0.05, 0) is 20.9 Å². The lowest BCUT2D eigenvalue weighted by atomic mass is 10.1. The first kappa shape index (κ1) is 24.8. The maximum absolute atomic E-state index is 12.5.